The molecule has 5 aromatic rings. The van der Waals surface area contributed by atoms with E-state index in [9.17, 15) is 20.4 Å². The summed E-state index contributed by atoms with van der Waals surface area (Å²) in [7, 11) is 0. The Balaban J connectivity index is 1.38. The van der Waals surface area contributed by atoms with Crippen molar-refractivity contribution in [2.24, 2.45) is 0 Å². The normalized spacial score (nSPS) is 11.0. The van der Waals surface area contributed by atoms with E-state index < -0.39 is 0 Å². The summed E-state index contributed by atoms with van der Waals surface area (Å²) in [6.45, 7) is -0.461. The number of aliphatic hydroxyl groups excluding tert-OH is 2. The van der Waals surface area contributed by atoms with Gasteiger partial charge in [-0.2, -0.15) is 0 Å². The van der Waals surface area contributed by atoms with Crippen molar-refractivity contribution in [3.05, 3.63) is 143 Å². The van der Waals surface area contributed by atoms with Crippen molar-refractivity contribution >= 4 is 0 Å². The summed E-state index contributed by atoms with van der Waals surface area (Å²) >= 11 is 0. The Morgan fingerprint density at radius 3 is 1.13 bits per heavy atom. The second-order valence-corrected chi connectivity index (χ2v) is 9.52. The molecule has 0 bridgehead atoms. The molecule has 0 amide bonds. The van der Waals surface area contributed by atoms with Crippen LogP contribution in [-0.2, 0) is 26.1 Å². The van der Waals surface area contributed by atoms with E-state index in [-0.39, 0.29) is 24.7 Å². The average Bonchev–Trinajstić information content (AvgIpc) is 2.96. The number of aromatic hydroxyl groups is 2. The molecule has 0 aliphatic carbocycles. The second kappa shape index (κ2) is 11.3. The fourth-order valence-corrected chi connectivity index (χ4v) is 4.89. The summed E-state index contributed by atoms with van der Waals surface area (Å²) in [5.41, 5.74) is 8.52. The van der Waals surface area contributed by atoms with Crippen LogP contribution in [0.25, 0.3) is 22.3 Å². The lowest BCUT2D eigenvalue weighted by molar-refractivity contribution is 0.275. The monoisotopic (exact) mass is 502 g/mol. The molecule has 0 atom stereocenters. The molecule has 0 aliphatic heterocycles. The largest absolute Gasteiger partial charge is 0.507 e. The first-order valence-electron chi connectivity index (χ1n) is 12.7. The first-order valence-corrected chi connectivity index (χ1v) is 12.7. The Bertz CT molecular complexity index is 1410. The molecule has 0 aliphatic rings. The van der Waals surface area contributed by atoms with E-state index in [1.165, 1.54) is 0 Å². The number of benzene rings is 5. The molecule has 4 nitrogen and oxygen atoms in total. The SMILES string of the molecule is OCc1cc(Cc2ccc(Cc3cc(CO)c(O)c(-c4ccccc4)c3)cc2)cc(-c2ccccc2)c1O. The summed E-state index contributed by atoms with van der Waals surface area (Å²) < 4.78 is 0. The minimum Gasteiger partial charge on any atom is -0.507 e. The van der Waals surface area contributed by atoms with E-state index in [4.69, 9.17) is 0 Å². The van der Waals surface area contributed by atoms with Crippen LogP contribution < -0.4 is 0 Å². The summed E-state index contributed by atoms with van der Waals surface area (Å²) in [5, 5.41) is 41.0. The summed E-state index contributed by atoms with van der Waals surface area (Å²) in [5.74, 6) is 0.229. The zero-order chi connectivity index (χ0) is 26.5. The molecule has 190 valence electrons. The molecule has 4 N–H and O–H groups in total. The molecular weight excluding hydrogens is 472 g/mol. The topological polar surface area (TPSA) is 80.9 Å². The molecule has 4 heteroatoms. The highest BCUT2D eigenvalue weighted by Crippen LogP contribution is 2.36. The fourth-order valence-electron chi connectivity index (χ4n) is 4.89. The molecule has 0 fully saturated rings. The van der Waals surface area contributed by atoms with Crippen LogP contribution >= 0.6 is 0 Å². The highest BCUT2D eigenvalue weighted by Gasteiger charge is 2.13. The molecule has 0 spiro atoms. The van der Waals surface area contributed by atoms with Gasteiger partial charge in [-0.3, -0.25) is 0 Å². The predicted octanol–water partition coefficient (Wildman–Crippen LogP) is 6.60. The summed E-state index contributed by atoms with van der Waals surface area (Å²) in [6, 6.07) is 35.4. The van der Waals surface area contributed by atoms with Crippen molar-refractivity contribution in [3.8, 4) is 33.8 Å². The lowest BCUT2D eigenvalue weighted by Gasteiger charge is -2.14. The number of rotatable bonds is 8. The van der Waals surface area contributed by atoms with Gasteiger partial charge in [0.1, 0.15) is 11.5 Å². The first-order chi connectivity index (χ1) is 18.6. The van der Waals surface area contributed by atoms with Gasteiger partial charge in [0.25, 0.3) is 0 Å². The van der Waals surface area contributed by atoms with E-state index in [2.05, 4.69) is 24.3 Å². The zero-order valence-electron chi connectivity index (χ0n) is 21.0. The number of hydrogen-bond acceptors (Lipinski definition) is 4. The smallest absolute Gasteiger partial charge is 0.128 e. The van der Waals surface area contributed by atoms with Crippen LogP contribution in [0.3, 0.4) is 0 Å². The van der Waals surface area contributed by atoms with E-state index in [0.717, 1.165) is 33.4 Å². The standard InChI is InChI=1S/C34H30O4/c35-21-29-17-25(19-31(33(29)37)27-7-3-1-4-8-27)15-23-11-13-24(14-12-23)16-26-18-30(22-36)34(38)32(20-26)28-9-5-2-6-10-28/h1-14,17-20,35-38H,15-16,21-22H2. The number of hydrogen-bond donors (Lipinski definition) is 4. The number of aliphatic hydroxyl groups is 2. The van der Waals surface area contributed by atoms with Gasteiger partial charge in [0.05, 0.1) is 13.2 Å². The van der Waals surface area contributed by atoms with Gasteiger partial charge >= 0.3 is 0 Å². The van der Waals surface area contributed by atoms with Crippen molar-refractivity contribution in [1.29, 1.82) is 0 Å². The third kappa shape index (κ3) is 5.47. The van der Waals surface area contributed by atoms with Crippen LogP contribution in [0.1, 0.15) is 33.4 Å². The third-order valence-electron chi connectivity index (χ3n) is 6.85. The molecular formula is C34H30O4. The molecule has 38 heavy (non-hydrogen) atoms. The van der Waals surface area contributed by atoms with Crippen LogP contribution in [0, 0.1) is 0 Å². The van der Waals surface area contributed by atoms with E-state index in [1.54, 1.807) is 0 Å². The fraction of sp³-hybridized carbons (Fsp3) is 0.118. The van der Waals surface area contributed by atoms with Gasteiger partial charge in [0.2, 0.25) is 0 Å². The first kappa shape index (κ1) is 25.3. The van der Waals surface area contributed by atoms with Gasteiger partial charge in [-0.25, -0.2) is 0 Å². The van der Waals surface area contributed by atoms with Crippen molar-refractivity contribution in [2.45, 2.75) is 26.1 Å². The minimum absolute atomic E-state index is 0.115. The molecule has 0 heterocycles. The Hall–Kier alpha value is -4.38. The lowest BCUT2D eigenvalue weighted by atomic mass is 9.93. The molecule has 0 aromatic heterocycles. The Kier molecular flexibility index (Phi) is 7.55. The van der Waals surface area contributed by atoms with Crippen LogP contribution in [-0.4, -0.2) is 20.4 Å². The number of phenols is 2. The average molecular weight is 503 g/mol. The van der Waals surface area contributed by atoms with Gasteiger partial charge in [0.15, 0.2) is 0 Å². The van der Waals surface area contributed by atoms with Gasteiger partial charge in [0, 0.05) is 22.3 Å². The highest BCUT2D eigenvalue weighted by atomic mass is 16.3. The lowest BCUT2D eigenvalue weighted by Crippen LogP contribution is -1.96. The van der Waals surface area contributed by atoms with E-state index >= 15 is 0 Å². The van der Waals surface area contributed by atoms with Crippen LogP contribution in [0.4, 0.5) is 0 Å². The molecule has 0 radical (unpaired) electrons. The Morgan fingerprint density at radius 2 is 0.789 bits per heavy atom. The zero-order valence-corrected chi connectivity index (χ0v) is 21.0. The molecule has 5 aromatic carbocycles. The maximum Gasteiger partial charge on any atom is 0.128 e. The summed E-state index contributed by atoms with van der Waals surface area (Å²) in [6.07, 6.45) is 1.33. The molecule has 5 rings (SSSR count). The maximum atomic E-state index is 10.7. The van der Waals surface area contributed by atoms with Gasteiger partial charge in [-0.1, -0.05) is 84.9 Å². The second-order valence-electron chi connectivity index (χ2n) is 9.52. The Morgan fingerprint density at radius 1 is 0.421 bits per heavy atom. The third-order valence-corrected chi connectivity index (χ3v) is 6.85. The molecule has 0 saturated carbocycles. The molecule has 0 unspecified atom stereocenters. The molecule has 0 saturated heterocycles. The van der Waals surface area contributed by atoms with E-state index in [0.29, 0.717) is 35.1 Å². The minimum atomic E-state index is -0.230. The van der Waals surface area contributed by atoms with Crippen LogP contribution in [0.5, 0.6) is 11.5 Å². The predicted molar refractivity (Wildman–Crippen MR) is 151 cm³/mol. The van der Waals surface area contributed by atoms with E-state index in [1.807, 2.05) is 84.9 Å². The quantitative estimate of drug-likeness (QED) is 0.193. The van der Waals surface area contributed by atoms with Crippen molar-refractivity contribution in [3.63, 3.8) is 0 Å². The van der Waals surface area contributed by atoms with Crippen molar-refractivity contribution < 1.29 is 20.4 Å². The van der Waals surface area contributed by atoms with Gasteiger partial charge < -0.3 is 20.4 Å². The van der Waals surface area contributed by atoms with Gasteiger partial charge in [-0.05, 0) is 70.5 Å². The van der Waals surface area contributed by atoms with Gasteiger partial charge in [-0.15, -0.1) is 0 Å². The Labute approximate surface area is 222 Å². The highest BCUT2D eigenvalue weighted by molar-refractivity contribution is 5.73. The van der Waals surface area contributed by atoms with Crippen molar-refractivity contribution in [1.82, 2.24) is 0 Å². The van der Waals surface area contributed by atoms with Crippen LogP contribution in [0.2, 0.25) is 0 Å². The van der Waals surface area contributed by atoms with Crippen molar-refractivity contribution in [2.75, 3.05) is 0 Å². The summed E-state index contributed by atoms with van der Waals surface area (Å²) in [4.78, 5) is 0. The maximum absolute atomic E-state index is 10.7. The van der Waals surface area contributed by atoms with Crippen LogP contribution in [0.15, 0.2) is 109 Å².